The molecule has 0 saturated heterocycles. The first-order chi connectivity index (χ1) is 13.8. The molecule has 0 aromatic rings. The van der Waals surface area contributed by atoms with Crippen LogP contribution in [0.1, 0.15) is 124 Å². The average molecular weight is 414 g/mol. The number of esters is 1. The van der Waals surface area contributed by atoms with Gasteiger partial charge in [-0.3, -0.25) is 0 Å². The lowest BCUT2D eigenvalue weighted by Crippen LogP contribution is -2.44. The van der Waals surface area contributed by atoms with Gasteiger partial charge < -0.3 is 14.8 Å². The molecule has 1 amide bonds. The average Bonchev–Trinajstić information content (AvgIpc) is 2.65. The van der Waals surface area contributed by atoms with Crippen LogP contribution >= 0.6 is 0 Å². The van der Waals surface area contributed by atoms with Crippen molar-refractivity contribution in [2.24, 2.45) is 0 Å². The second-order valence-corrected chi connectivity index (χ2v) is 9.11. The molecule has 0 aliphatic heterocycles. The topological polar surface area (TPSA) is 64.6 Å². The van der Waals surface area contributed by atoms with Crippen LogP contribution < -0.4 is 5.32 Å². The number of carbonyl (C=O) groups is 2. The molecule has 0 heterocycles. The third-order valence-corrected chi connectivity index (χ3v) is 5.02. The SMILES string of the molecule is CCCCCCCCCCCCCCCCC(NC(=O)OC(C)(C)C)C(=O)OC. The van der Waals surface area contributed by atoms with Crippen LogP contribution in [-0.4, -0.2) is 30.8 Å². The minimum atomic E-state index is -0.632. The minimum absolute atomic E-state index is 0.412. The molecule has 0 aliphatic carbocycles. The van der Waals surface area contributed by atoms with E-state index < -0.39 is 23.7 Å². The number of hydrogen-bond acceptors (Lipinski definition) is 4. The van der Waals surface area contributed by atoms with Gasteiger partial charge in [0.25, 0.3) is 0 Å². The Morgan fingerprint density at radius 1 is 0.759 bits per heavy atom. The first-order valence-electron chi connectivity index (χ1n) is 11.9. The first kappa shape index (κ1) is 27.7. The molecule has 0 spiro atoms. The van der Waals surface area contributed by atoms with Crippen molar-refractivity contribution in [2.45, 2.75) is 136 Å². The van der Waals surface area contributed by atoms with E-state index in [1.807, 2.05) is 0 Å². The molecule has 29 heavy (non-hydrogen) atoms. The van der Waals surface area contributed by atoms with Crippen LogP contribution in [-0.2, 0) is 14.3 Å². The van der Waals surface area contributed by atoms with Crippen molar-refractivity contribution >= 4 is 12.1 Å². The predicted molar refractivity (Wildman–Crippen MR) is 120 cm³/mol. The van der Waals surface area contributed by atoms with Crippen molar-refractivity contribution in [3.63, 3.8) is 0 Å². The first-order valence-corrected chi connectivity index (χ1v) is 11.9. The Hall–Kier alpha value is -1.26. The van der Waals surface area contributed by atoms with Gasteiger partial charge in [-0.25, -0.2) is 9.59 Å². The molecule has 1 unspecified atom stereocenters. The van der Waals surface area contributed by atoms with Crippen LogP contribution in [0.25, 0.3) is 0 Å². The van der Waals surface area contributed by atoms with Crippen LogP contribution in [0, 0.1) is 0 Å². The Balaban J connectivity index is 3.70. The number of nitrogens with one attached hydrogen (secondary N) is 1. The molecule has 0 aliphatic rings. The monoisotopic (exact) mass is 413 g/mol. The van der Waals surface area contributed by atoms with E-state index >= 15 is 0 Å². The van der Waals surface area contributed by atoms with Gasteiger partial charge in [0, 0.05) is 0 Å². The van der Waals surface area contributed by atoms with Crippen molar-refractivity contribution in [3.8, 4) is 0 Å². The van der Waals surface area contributed by atoms with Crippen LogP contribution in [0.2, 0.25) is 0 Å². The van der Waals surface area contributed by atoms with Gasteiger partial charge >= 0.3 is 12.1 Å². The summed E-state index contributed by atoms with van der Waals surface area (Å²) < 4.78 is 10.0. The van der Waals surface area contributed by atoms with Gasteiger partial charge in [0.2, 0.25) is 0 Å². The Morgan fingerprint density at radius 3 is 1.55 bits per heavy atom. The van der Waals surface area contributed by atoms with Crippen molar-refractivity contribution in [2.75, 3.05) is 7.11 Å². The summed E-state index contributed by atoms with van der Waals surface area (Å²) in [6.07, 6.45) is 18.1. The summed E-state index contributed by atoms with van der Waals surface area (Å²) in [5.74, 6) is -0.412. The van der Waals surface area contributed by atoms with Crippen LogP contribution in [0.5, 0.6) is 0 Å². The summed E-state index contributed by atoms with van der Waals surface area (Å²) in [4.78, 5) is 23.8. The molecule has 5 nitrogen and oxygen atoms in total. The van der Waals surface area contributed by atoms with E-state index in [9.17, 15) is 9.59 Å². The second kappa shape index (κ2) is 17.6. The largest absolute Gasteiger partial charge is 0.467 e. The quantitative estimate of drug-likeness (QED) is 0.207. The minimum Gasteiger partial charge on any atom is -0.467 e. The molecule has 5 heteroatoms. The lowest BCUT2D eigenvalue weighted by Gasteiger charge is -2.22. The highest BCUT2D eigenvalue weighted by molar-refractivity contribution is 5.81. The lowest BCUT2D eigenvalue weighted by atomic mass is 10.0. The second-order valence-electron chi connectivity index (χ2n) is 9.11. The molecule has 1 N–H and O–H groups in total. The van der Waals surface area contributed by atoms with Gasteiger partial charge in [0.1, 0.15) is 11.6 Å². The molecule has 0 saturated carbocycles. The van der Waals surface area contributed by atoms with Crippen LogP contribution in [0.3, 0.4) is 0 Å². The normalized spacial score (nSPS) is 12.4. The molecule has 0 radical (unpaired) electrons. The Labute approximate surface area is 179 Å². The van der Waals surface area contributed by atoms with Gasteiger partial charge in [-0.2, -0.15) is 0 Å². The molecule has 1 atom stereocenters. The van der Waals surface area contributed by atoms with Crippen molar-refractivity contribution < 1.29 is 19.1 Å². The summed E-state index contributed by atoms with van der Waals surface area (Å²) >= 11 is 0. The van der Waals surface area contributed by atoms with E-state index in [-0.39, 0.29) is 0 Å². The fourth-order valence-corrected chi connectivity index (χ4v) is 3.38. The molecular weight excluding hydrogens is 366 g/mol. The number of ether oxygens (including phenoxy) is 2. The number of unbranched alkanes of at least 4 members (excludes halogenated alkanes) is 13. The maximum Gasteiger partial charge on any atom is 0.408 e. The van der Waals surface area contributed by atoms with E-state index in [1.54, 1.807) is 20.8 Å². The summed E-state index contributed by atoms with van der Waals surface area (Å²) in [5.41, 5.74) is -0.584. The fourth-order valence-electron chi connectivity index (χ4n) is 3.38. The van der Waals surface area contributed by atoms with E-state index in [4.69, 9.17) is 9.47 Å². The van der Waals surface area contributed by atoms with E-state index in [0.717, 1.165) is 12.8 Å². The molecular formula is C24H47NO4. The van der Waals surface area contributed by atoms with Gasteiger partial charge in [0.15, 0.2) is 0 Å². The number of methoxy groups -OCH3 is 1. The fraction of sp³-hybridized carbons (Fsp3) is 0.917. The molecule has 0 aromatic heterocycles. The number of carbonyl (C=O) groups excluding carboxylic acids is 2. The summed E-state index contributed by atoms with van der Waals surface area (Å²) in [6, 6.07) is -0.632. The van der Waals surface area contributed by atoms with E-state index in [0.29, 0.717) is 6.42 Å². The van der Waals surface area contributed by atoms with Gasteiger partial charge in [-0.1, -0.05) is 96.8 Å². The number of rotatable bonds is 17. The van der Waals surface area contributed by atoms with Gasteiger partial charge in [0.05, 0.1) is 7.11 Å². The van der Waals surface area contributed by atoms with E-state index in [1.165, 1.54) is 84.2 Å². The summed E-state index contributed by atoms with van der Waals surface area (Å²) in [6.45, 7) is 7.66. The third kappa shape index (κ3) is 18.5. The highest BCUT2D eigenvalue weighted by atomic mass is 16.6. The van der Waals surface area contributed by atoms with Crippen molar-refractivity contribution in [3.05, 3.63) is 0 Å². The zero-order chi connectivity index (χ0) is 22.0. The van der Waals surface area contributed by atoms with Crippen LogP contribution in [0.4, 0.5) is 4.79 Å². The van der Waals surface area contributed by atoms with Gasteiger partial charge in [-0.05, 0) is 27.2 Å². The predicted octanol–water partition coefficient (Wildman–Crippen LogP) is 6.92. The molecule has 0 rings (SSSR count). The Bertz CT molecular complexity index is 418. The highest BCUT2D eigenvalue weighted by Crippen LogP contribution is 2.14. The number of hydrogen-bond donors (Lipinski definition) is 1. The van der Waals surface area contributed by atoms with Crippen LogP contribution in [0.15, 0.2) is 0 Å². The third-order valence-electron chi connectivity index (χ3n) is 5.02. The van der Waals surface area contributed by atoms with Crippen molar-refractivity contribution in [1.29, 1.82) is 0 Å². The van der Waals surface area contributed by atoms with Crippen molar-refractivity contribution in [1.82, 2.24) is 5.32 Å². The summed E-state index contributed by atoms with van der Waals surface area (Å²) in [5, 5.41) is 2.64. The molecule has 172 valence electrons. The Morgan fingerprint density at radius 2 is 1.17 bits per heavy atom. The lowest BCUT2D eigenvalue weighted by molar-refractivity contribution is -0.143. The molecule has 0 bridgehead atoms. The summed E-state index contributed by atoms with van der Waals surface area (Å²) in [7, 11) is 1.34. The molecule has 0 fully saturated rings. The highest BCUT2D eigenvalue weighted by Gasteiger charge is 2.24. The standard InChI is InChI=1S/C24H47NO4/c1-6-7-8-9-10-11-12-13-14-15-16-17-18-19-20-21(22(26)28-5)25-23(27)29-24(2,3)4/h21H,6-20H2,1-5H3,(H,25,27). The zero-order valence-electron chi connectivity index (χ0n) is 19.8. The number of alkyl carbamates (subject to hydrolysis) is 1. The Kier molecular flexibility index (Phi) is 16.8. The maximum atomic E-state index is 11.9. The zero-order valence-corrected chi connectivity index (χ0v) is 19.8. The number of amides is 1. The maximum absolute atomic E-state index is 11.9. The van der Waals surface area contributed by atoms with E-state index in [2.05, 4.69) is 12.2 Å². The smallest absolute Gasteiger partial charge is 0.408 e. The van der Waals surface area contributed by atoms with Gasteiger partial charge in [-0.15, -0.1) is 0 Å². The molecule has 0 aromatic carbocycles.